The van der Waals surface area contributed by atoms with Crippen LogP contribution in [-0.4, -0.2) is 44.4 Å². The number of benzene rings is 1. The van der Waals surface area contributed by atoms with Gasteiger partial charge in [0.1, 0.15) is 29.5 Å². The predicted molar refractivity (Wildman–Crippen MR) is 103 cm³/mol. The first-order chi connectivity index (χ1) is 15.3. The van der Waals surface area contributed by atoms with Crippen molar-refractivity contribution in [2.24, 2.45) is 0 Å². The SMILES string of the molecule is [2H]C([2H])(OP1(=O)OCc2cc(Cl)ccc2O1)[C@@]1(F)O[C@@H](n2cc(Cl)c(=O)[nH]c2=O)[C@H](O)[C@@H]1O. The summed E-state index contributed by atoms with van der Waals surface area (Å²) < 4.78 is 64.4. The molecule has 31 heavy (non-hydrogen) atoms. The molecule has 0 amide bonds. The van der Waals surface area contributed by atoms with E-state index in [2.05, 4.69) is 4.52 Å². The first kappa shape index (κ1) is 19.9. The van der Waals surface area contributed by atoms with E-state index >= 15 is 4.39 Å². The minimum atomic E-state index is -4.81. The molecule has 3 N–H and O–H groups in total. The van der Waals surface area contributed by atoms with Crippen LogP contribution in [0.15, 0.2) is 34.0 Å². The second kappa shape index (κ2) is 7.98. The maximum atomic E-state index is 15.7. The Morgan fingerprint density at radius 2 is 2.16 bits per heavy atom. The smallest absolute Gasteiger partial charge is 0.404 e. The van der Waals surface area contributed by atoms with E-state index < -0.39 is 54.9 Å². The van der Waals surface area contributed by atoms with E-state index in [1.54, 1.807) is 4.98 Å². The third kappa shape index (κ3) is 4.18. The van der Waals surface area contributed by atoms with Gasteiger partial charge in [0.2, 0.25) is 0 Å². The monoisotopic (exact) mass is 500 g/mol. The van der Waals surface area contributed by atoms with Gasteiger partial charge in [0, 0.05) is 16.8 Å². The number of phosphoric acid groups is 1. The third-order valence-corrected chi connectivity index (χ3v) is 6.08. The van der Waals surface area contributed by atoms with Gasteiger partial charge in [0.05, 0.1) is 9.35 Å². The second-order valence-corrected chi connectivity index (χ2v) is 8.85. The number of nitrogens with one attached hydrogen (secondary N) is 1. The van der Waals surface area contributed by atoms with E-state index in [9.17, 15) is 24.4 Å². The summed E-state index contributed by atoms with van der Waals surface area (Å²) in [6.45, 7) is -4.14. The molecule has 1 aromatic heterocycles. The Bertz CT molecular complexity index is 1280. The molecule has 0 radical (unpaired) electrons. The zero-order valence-electron chi connectivity index (χ0n) is 17.0. The summed E-state index contributed by atoms with van der Waals surface area (Å²) in [7, 11) is -4.81. The number of halogens is 3. The molecule has 168 valence electrons. The summed E-state index contributed by atoms with van der Waals surface area (Å²) in [5.74, 6) is -3.92. The number of aliphatic hydroxyl groups excluding tert-OH is 2. The molecule has 3 heterocycles. The topological polar surface area (TPSA) is 149 Å². The fourth-order valence-electron chi connectivity index (χ4n) is 2.85. The average Bonchev–Trinajstić information content (AvgIpc) is 2.96. The van der Waals surface area contributed by atoms with E-state index in [4.69, 9.17) is 39.7 Å². The minimum Gasteiger partial charge on any atom is -0.404 e. The lowest BCUT2D eigenvalue weighted by atomic mass is 10.1. The van der Waals surface area contributed by atoms with Crippen LogP contribution in [0.4, 0.5) is 4.39 Å². The van der Waals surface area contributed by atoms with Gasteiger partial charge in [-0.3, -0.25) is 23.4 Å². The fourth-order valence-corrected chi connectivity index (χ4v) is 4.30. The highest BCUT2D eigenvalue weighted by molar-refractivity contribution is 7.49. The highest BCUT2D eigenvalue weighted by Crippen LogP contribution is 2.56. The van der Waals surface area contributed by atoms with Gasteiger partial charge in [-0.2, -0.15) is 0 Å². The molecule has 0 bridgehead atoms. The standard InChI is InChI=1S/C16H14Cl2FN2O9P/c17-8-1-2-10-7(3-8)5-27-31(26,30-10)28-6-16(19)12(23)11(22)14(29-16)21-4-9(18)13(24)20-15(21)25/h1-4,11-12,14,22-23H,5-6H2,(H,20,24,25)/t11-,12+,14-,16-,31?/m1/s1/i6D2. The lowest BCUT2D eigenvalue weighted by Crippen LogP contribution is -2.43. The van der Waals surface area contributed by atoms with Gasteiger partial charge in [-0.25, -0.2) is 13.8 Å². The minimum absolute atomic E-state index is 0.0297. The molecular weight excluding hydrogens is 485 g/mol. The predicted octanol–water partition coefficient (Wildman–Crippen LogP) is 1.49. The van der Waals surface area contributed by atoms with Gasteiger partial charge >= 0.3 is 13.5 Å². The van der Waals surface area contributed by atoms with E-state index in [1.165, 1.54) is 18.2 Å². The zero-order chi connectivity index (χ0) is 24.3. The second-order valence-electron chi connectivity index (χ2n) is 6.49. The molecule has 1 unspecified atom stereocenters. The van der Waals surface area contributed by atoms with Crippen molar-refractivity contribution in [2.45, 2.75) is 30.9 Å². The molecule has 0 saturated carbocycles. The van der Waals surface area contributed by atoms with Gasteiger partial charge in [-0.05, 0) is 18.2 Å². The van der Waals surface area contributed by atoms with Crippen LogP contribution in [0.25, 0.3) is 0 Å². The normalized spacial score (nSPS) is 33.9. The number of hydrogen-bond donors (Lipinski definition) is 3. The molecule has 2 aliphatic rings. The van der Waals surface area contributed by atoms with Crippen LogP contribution in [0.5, 0.6) is 5.75 Å². The first-order valence-electron chi connectivity index (χ1n) is 9.43. The Kier molecular flexibility index (Phi) is 5.12. The van der Waals surface area contributed by atoms with Gasteiger partial charge in [-0.15, -0.1) is 0 Å². The first-order valence-corrected chi connectivity index (χ1v) is 10.7. The Labute approximate surface area is 185 Å². The highest BCUT2D eigenvalue weighted by atomic mass is 35.5. The number of aliphatic hydroxyl groups is 2. The average molecular weight is 501 g/mol. The number of H-pyrrole nitrogens is 1. The molecule has 4 rings (SSSR count). The van der Waals surface area contributed by atoms with Crippen molar-refractivity contribution in [3.63, 3.8) is 0 Å². The molecule has 2 aromatic rings. The van der Waals surface area contributed by atoms with Crippen LogP contribution in [0, 0.1) is 0 Å². The number of rotatable bonds is 4. The summed E-state index contributed by atoms with van der Waals surface area (Å²) in [6.07, 6.45) is -6.26. The van der Waals surface area contributed by atoms with Crippen LogP contribution < -0.4 is 15.8 Å². The maximum Gasteiger partial charge on any atom is 0.530 e. The van der Waals surface area contributed by atoms with E-state index in [-0.39, 0.29) is 12.4 Å². The van der Waals surface area contributed by atoms with Gasteiger partial charge < -0.3 is 19.5 Å². The molecule has 15 heteroatoms. The molecule has 11 nitrogen and oxygen atoms in total. The van der Waals surface area contributed by atoms with Gasteiger partial charge in [0.15, 0.2) is 6.23 Å². The van der Waals surface area contributed by atoms with E-state index in [0.29, 0.717) is 21.4 Å². The number of aromatic amines is 1. The van der Waals surface area contributed by atoms with Crippen LogP contribution in [0.1, 0.15) is 14.5 Å². The van der Waals surface area contributed by atoms with E-state index in [0.717, 1.165) is 0 Å². The molecule has 1 aromatic carbocycles. The van der Waals surface area contributed by atoms with Crippen molar-refractivity contribution in [2.75, 3.05) is 6.56 Å². The molecule has 1 saturated heterocycles. The van der Waals surface area contributed by atoms with E-state index in [1.807, 2.05) is 0 Å². The van der Waals surface area contributed by atoms with Crippen molar-refractivity contribution >= 4 is 31.0 Å². The number of fused-ring (bicyclic) bond motifs is 1. The molecule has 5 atom stereocenters. The fraction of sp³-hybridized carbons (Fsp3) is 0.375. The molecule has 0 aliphatic carbocycles. The quantitative estimate of drug-likeness (QED) is 0.530. The number of ether oxygens (including phenoxy) is 1. The summed E-state index contributed by atoms with van der Waals surface area (Å²) in [5.41, 5.74) is -1.83. The summed E-state index contributed by atoms with van der Waals surface area (Å²) in [4.78, 5) is 25.2. The lowest BCUT2D eigenvalue weighted by Gasteiger charge is -2.28. The summed E-state index contributed by atoms with van der Waals surface area (Å²) >= 11 is 11.5. The number of alkyl halides is 1. The van der Waals surface area contributed by atoms with Crippen molar-refractivity contribution in [1.29, 1.82) is 0 Å². The zero-order valence-corrected chi connectivity index (χ0v) is 17.4. The number of aromatic nitrogens is 2. The van der Waals surface area contributed by atoms with Crippen LogP contribution >= 0.6 is 31.0 Å². The van der Waals surface area contributed by atoms with Crippen molar-refractivity contribution in [3.8, 4) is 5.75 Å². The molecule has 0 spiro atoms. The van der Waals surface area contributed by atoms with Gasteiger partial charge in [-0.1, -0.05) is 23.2 Å². The van der Waals surface area contributed by atoms with Crippen LogP contribution in [-0.2, 0) is 25.0 Å². The Morgan fingerprint density at radius 3 is 2.90 bits per heavy atom. The largest absolute Gasteiger partial charge is 0.530 e. The summed E-state index contributed by atoms with van der Waals surface area (Å²) in [5, 5.41) is 20.2. The van der Waals surface area contributed by atoms with Crippen LogP contribution in [0.3, 0.4) is 0 Å². The lowest BCUT2D eigenvalue weighted by molar-refractivity contribution is -0.205. The van der Waals surface area contributed by atoms with Crippen molar-refractivity contribution in [3.05, 3.63) is 60.8 Å². The Hall–Kier alpha value is -1.76. The maximum absolute atomic E-state index is 15.7. The highest BCUT2D eigenvalue weighted by Gasteiger charge is 2.57. The van der Waals surface area contributed by atoms with Gasteiger partial charge in [0.25, 0.3) is 11.4 Å². The molecule has 2 aliphatic heterocycles. The van der Waals surface area contributed by atoms with Crippen LogP contribution in [0.2, 0.25) is 10.0 Å². The number of phosphoric ester groups is 1. The Balaban J connectivity index is 1.63. The number of hydrogen-bond acceptors (Lipinski definition) is 9. The summed E-state index contributed by atoms with van der Waals surface area (Å²) in [6, 6.07) is 4.13. The van der Waals surface area contributed by atoms with Crippen molar-refractivity contribution < 1.29 is 40.2 Å². The molecule has 1 fully saturated rings. The van der Waals surface area contributed by atoms with Crippen molar-refractivity contribution in [1.82, 2.24) is 9.55 Å². The molecular formula is C16H14Cl2FN2O9P. The third-order valence-electron chi connectivity index (χ3n) is 4.39. The Morgan fingerprint density at radius 1 is 1.42 bits per heavy atom. The number of nitrogens with zero attached hydrogens (tertiary/aromatic N) is 1.